The lowest BCUT2D eigenvalue weighted by Gasteiger charge is -2.39. The molecular weight excluding hydrogens is 412 g/mol. The van der Waals surface area contributed by atoms with Gasteiger partial charge in [-0.3, -0.25) is 9.63 Å². The molecule has 2 aromatic rings. The highest BCUT2D eigenvalue weighted by molar-refractivity contribution is 5.84. The van der Waals surface area contributed by atoms with Crippen LogP contribution in [0, 0.1) is 5.41 Å². The van der Waals surface area contributed by atoms with E-state index in [0.717, 1.165) is 28.7 Å². The maximum Gasteiger partial charge on any atom is 0.407 e. The number of hydrogen-bond donors (Lipinski definition) is 3. The number of fused-ring (bicyclic) bond motifs is 3. The van der Waals surface area contributed by atoms with Gasteiger partial charge < -0.3 is 15.2 Å². The van der Waals surface area contributed by atoms with Crippen LogP contribution >= 0.6 is 0 Å². The molecule has 8 nitrogen and oxygen atoms in total. The van der Waals surface area contributed by atoms with Crippen LogP contribution in [0.25, 0.3) is 11.1 Å². The number of aliphatic carboxylic acids is 1. The van der Waals surface area contributed by atoms with Crippen LogP contribution in [0.15, 0.2) is 48.5 Å². The predicted molar refractivity (Wildman–Crippen MR) is 116 cm³/mol. The fourth-order valence-corrected chi connectivity index (χ4v) is 4.28. The van der Waals surface area contributed by atoms with Crippen LogP contribution in [-0.4, -0.2) is 42.3 Å². The van der Waals surface area contributed by atoms with Crippen LogP contribution < -0.4 is 10.8 Å². The number of hydrogen-bond acceptors (Lipinski definition) is 5. The topological polar surface area (TPSA) is 114 Å². The van der Waals surface area contributed by atoms with E-state index in [0.29, 0.717) is 12.8 Å². The molecule has 32 heavy (non-hydrogen) atoms. The van der Waals surface area contributed by atoms with Gasteiger partial charge >= 0.3 is 12.1 Å². The lowest BCUT2D eigenvalue weighted by Crippen LogP contribution is -2.53. The third kappa shape index (κ3) is 4.18. The number of rotatable bonds is 8. The van der Waals surface area contributed by atoms with Gasteiger partial charge in [-0.05, 0) is 42.0 Å². The number of carbonyl (C=O) groups is 3. The van der Waals surface area contributed by atoms with Crippen molar-refractivity contribution in [3.8, 4) is 11.1 Å². The van der Waals surface area contributed by atoms with E-state index in [1.807, 2.05) is 36.4 Å². The zero-order valence-electron chi connectivity index (χ0n) is 17.8. The number of ether oxygens (including phenoxy) is 1. The van der Waals surface area contributed by atoms with Gasteiger partial charge in [0.2, 0.25) is 0 Å². The Hall–Kier alpha value is -3.39. The van der Waals surface area contributed by atoms with Crippen molar-refractivity contribution in [1.82, 2.24) is 10.8 Å². The lowest BCUT2D eigenvalue weighted by atomic mass is 9.68. The Bertz CT molecular complexity index is 987. The molecule has 2 aliphatic rings. The first kappa shape index (κ1) is 21.8. The summed E-state index contributed by atoms with van der Waals surface area (Å²) < 4.78 is 5.52. The molecule has 2 amide bonds. The number of hydroxylamine groups is 1. The fraction of sp³-hybridized carbons (Fsp3) is 0.375. The van der Waals surface area contributed by atoms with Crippen LogP contribution in [0.4, 0.5) is 4.79 Å². The number of nitrogens with one attached hydrogen (secondary N) is 2. The molecule has 0 heterocycles. The molecule has 0 aromatic heterocycles. The first-order valence-corrected chi connectivity index (χ1v) is 10.7. The zero-order chi connectivity index (χ0) is 22.7. The molecule has 0 radical (unpaired) electrons. The first-order chi connectivity index (χ1) is 15.4. The van der Waals surface area contributed by atoms with Crippen LogP contribution in [0.1, 0.15) is 43.2 Å². The molecule has 3 N–H and O–H groups in total. The van der Waals surface area contributed by atoms with Crippen LogP contribution in [0.5, 0.6) is 0 Å². The summed E-state index contributed by atoms with van der Waals surface area (Å²) in [6, 6.07) is 16.2. The Labute approximate surface area is 185 Å². The summed E-state index contributed by atoms with van der Waals surface area (Å²) in [5, 5.41) is 11.6. The molecular formula is C24H26N2O6. The summed E-state index contributed by atoms with van der Waals surface area (Å²) in [5.74, 6) is -1.65. The van der Waals surface area contributed by atoms with E-state index in [-0.39, 0.29) is 19.1 Å². The van der Waals surface area contributed by atoms with Gasteiger partial charge in [0.1, 0.15) is 6.61 Å². The van der Waals surface area contributed by atoms with Gasteiger partial charge in [-0.25, -0.2) is 15.1 Å². The standard InChI is InChI=1S/C24H26N2O6/c1-15(21(27)28)32-26-22(29)24(11-6-12-24)14-25-23(30)31-13-20-18-9-4-2-7-16(18)17-8-3-5-10-19(17)20/h2-5,7-10,15,20H,6,11-14H2,1H3,(H,25,30)(H,26,29)(H,27,28). The number of carboxylic acid groups (broad SMARTS) is 1. The van der Waals surface area contributed by atoms with E-state index in [9.17, 15) is 14.4 Å². The Morgan fingerprint density at radius 1 is 1.06 bits per heavy atom. The molecule has 0 bridgehead atoms. The van der Waals surface area contributed by atoms with E-state index in [2.05, 4.69) is 22.9 Å². The van der Waals surface area contributed by atoms with Gasteiger partial charge in [0, 0.05) is 12.5 Å². The summed E-state index contributed by atoms with van der Waals surface area (Å²) in [4.78, 5) is 40.7. The van der Waals surface area contributed by atoms with E-state index in [4.69, 9.17) is 14.7 Å². The minimum absolute atomic E-state index is 0.0417. The van der Waals surface area contributed by atoms with Gasteiger partial charge in [0.05, 0.1) is 5.41 Å². The third-order valence-electron chi connectivity index (χ3n) is 6.38. The molecule has 0 spiro atoms. The van der Waals surface area contributed by atoms with Gasteiger partial charge in [0.25, 0.3) is 5.91 Å². The highest BCUT2D eigenvalue weighted by Gasteiger charge is 2.45. The zero-order valence-corrected chi connectivity index (χ0v) is 17.8. The monoisotopic (exact) mass is 438 g/mol. The number of carbonyl (C=O) groups excluding carboxylic acids is 2. The van der Waals surface area contributed by atoms with Crippen molar-refractivity contribution in [3.05, 3.63) is 59.7 Å². The summed E-state index contributed by atoms with van der Waals surface area (Å²) in [7, 11) is 0. The van der Waals surface area contributed by atoms with Crippen molar-refractivity contribution in [2.45, 2.75) is 38.2 Å². The highest BCUT2D eigenvalue weighted by Crippen LogP contribution is 2.44. The van der Waals surface area contributed by atoms with Gasteiger partial charge in [0.15, 0.2) is 6.10 Å². The third-order valence-corrected chi connectivity index (χ3v) is 6.38. The predicted octanol–water partition coefficient (Wildman–Crippen LogP) is 3.22. The van der Waals surface area contributed by atoms with Crippen molar-refractivity contribution in [2.75, 3.05) is 13.2 Å². The van der Waals surface area contributed by atoms with Gasteiger partial charge in [-0.15, -0.1) is 0 Å². The Balaban J connectivity index is 1.33. The summed E-state index contributed by atoms with van der Waals surface area (Å²) >= 11 is 0. The Morgan fingerprint density at radius 2 is 1.66 bits per heavy atom. The Kier molecular flexibility index (Phi) is 6.14. The molecule has 2 aliphatic carbocycles. The smallest absolute Gasteiger partial charge is 0.407 e. The molecule has 2 aromatic carbocycles. The second kappa shape index (κ2) is 9.00. The SMILES string of the molecule is CC(ONC(=O)C1(CNC(=O)OCC2c3ccccc3-c3ccccc32)CCC1)C(=O)O. The molecule has 4 rings (SSSR count). The molecule has 1 unspecified atom stereocenters. The minimum Gasteiger partial charge on any atom is -0.479 e. The average Bonchev–Trinajstić information content (AvgIpc) is 3.09. The largest absolute Gasteiger partial charge is 0.479 e. The van der Waals surface area contributed by atoms with Crippen LogP contribution in [0.2, 0.25) is 0 Å². The number of alkyl carbamates (subject to hydrolysis) is 1. The summed E-state index contributed by atoms with van der Waals surface area (Å²) in [6.07, 6.45) is 0.242. The van der Waals surface area contributed by atoms with E-state index in [1.54, 1.807) is 0 Å². The molecule has 0 saturated heterocycles. The molecule has 168 valence electrons. The van der Waals surface area contributed by atoms with E-state index in [1.165, 1.54) is 6.92 Å². The van der Waals surface area contributed by atoms with E-state index < -0.39 is 29.5 Å². The van der Waals surface area contributed by atoms with Crippen molar-refractivity contribution in [1.29, 1.82) is 0 Å². The van der Waals surface area contributed by atoms with Gasteiger partial charge in [-0.2, -0.15) is 0 Å². The average molecular weight is 438 g/mol. The normalized spacial score (nSPS) is 16.8. The van der Waals surface area contributed by atoms with Crippen LogP contribution in [-0.2, 0) is 19.2 Å². The molecule has 1 fully saturated rings. The number of amides is 2. The second-order valence-electron chi connectivity index (χ2n) is 8.34. The number of benzene rings is 2. The van der Waals surface area contributed by atoms with Crippen molar-refractivity contribution in [3.63, 3.8) is 0 Å². The second-order valence-corrected chi connectivity index (χ2v) is 8.34. The fourth-order valence-electron chi connectivity index (χ4n) is 4.28. The van der Waals surface area contributed by atoms with Crippen molar-refractivity contribution < 1.29 is 29.1 Å². The molecule has 1 atom stereocenters. The quantitative estimate of drug-likeness (QED) is 0.546. The molecule has 1 saturated carbocycles. The van der Waals surface area contributed by atoms with Crippen molar-refractivity contribution in [2.24, 2.45) is 5.41 Å². The summed E-state index contributed by atoms with van der Waals surface area (Å²) in [5.41, 5.74) is 5.95. The Morgan fingerprint density at radius 3 is 2.19 bits per heavy atom. The first-order valence-electron chi connectivity index (χ1n) is 10.7. The molecule has 8 heteroatoms. The molecule has 0 aliphatic heterocycles. The number of carboxylic acids is 1. The lowest BCUT2D eigenvalue weighted by molar-refractivity contribution is -0.164. The van der Waals surface area contributed by atoms with Gasteiger partial charge in [-0.1, -0.05) is 55.0 Å². The highest BCUT2D eigenvalue weighted by atomic mass is 16.7. The van der Waals surface area contributed by atoms with E-state index >= 15 is 0 Å². The van der Waals surface area contributed by atoms with Crippen molar-refractivity contribution >= 4 is 18.0 Å². The maximum absolute atomic E-state index is 12.5. The maximum atomic E-state index is 12.5. The van der Waals surface area contributed by atoms with Crippen LogP contribution in [0.3, 0.4) is 0 Å². The minimum atomic E-state index is -1.18. The summed E-state index contributed by atoms with van der Waals surface area (Å²) in [6.45, 7) is 1.61.